The number of anilines is 3. The minimum atomic E-state index is 0.776. The molecule has 0 aliphatic heterocycles. The van der Waals surface area contributed by atoms with Crippen molar-refractivity contribution in [2.24, 2.45) is 0 Å². The Hall–Kier alpha value is -1.96. The van der Waals surface area contributed by atoms with Gasteiger partial charge in [0.2, 0.25) is 0 Å². The first-order chi connectivity index (χ1) is 8.69. The first-order valence-electron chi connectivity index (χ1n) is 6.41. The summed E-state index contributed by atoms with van der Waals surface area (Å²) in [6, 6.07) is 14.6. The summed E-state index contributed by atoms with van der Waals surface area (Å²) in [6.07, 6.45) is 2.31. The van der Waals surface area contributed by atoms with Crippen molar-refractivity contribution < 1.29 is 0 Å². The second-order valence-electron chi connectivity index (χ2n) is 4.66. The molecule has 0 atom stereocenters. The Kier molecular flexibility index (Phi) is 3.88. The number of nitrogens with two attached hydrogens (primary N) is 1. The maximum atomic E-state index is 5.95. The van der Waals surface area contributed by atoms with E-state index in [4.69, 9.17) is 5.73 Å². The summed E-state index contributed by atoms with van der Waals surface area (Å²) in [6.45, 7) is 4.26. The molecule has 0 saturated heterocycles. The van der Waals surface area contributed by atoms with Crippen molar-refractivity contribution in [1.82, 2.24) is 0 Å². The van der Waals surface area contributed by atoms with E-state index in [1.165, 1.54) is 17.5 Å². The first-order valence-corrected chi connectivity index (χ1v) is 6.41. The third-order valence-electron chi connectivity index (χ3n) is 2.98. The number of benzene rings is 2. The Morgan fingerprint density at radius 3 is 2.44 bits per heavy atom. The molecule has 0 unspecified atom stereocenters. The number of hydrogen-bond donors (Lipinski definition) is 2. The van der Waals surface area contributed by atoms with Gasteiger partial charge < -0.3 is 11.1 Å². The van der Waals surface area contributed by atoms with Gasteiger partial charge in [-0.15, -0.1) is 0 Å². The largest absolute Gasteiger partial charge is 0.397 e. The van der Waals surface area contributed by atoms with Gasteiger partial charge in [0, 0.05) is 5.69 Å². The lowest BCUT2D eigenvalue weighted by molar-refractivity contribution is 0.922. The molecule has 2 aromatic carbocycles. The van der Waals surface area contributed by atoms with Crippen LogP contribution in [-0.4, -0.2) is 0 Å². The lowest BCUT2D eigenvalue weighted by Gasteiger charge is -2.10. The maximum Gasteiger partial charge on any atom is 0.0620 e. The molecule has 0 fully saturated rings. The number of nitrogens with one attached hydrogen (secondary N) is 1. The third kappa shape index (κ3) is 3.04. The average molecular weight is 240 g/mol. The van der Waals surface area contributed by atoms with Crippen molar-refractivity contribution >= 4 is 17.1 Å². The Bertz CT molecular complexity index is 515. The van der Waals surface area contributed by atoms with Crippen molar-refractivity contribution in [2.75, 3.05) is 11.1 Å². The van der Waals surface area contributed by atoms with Gasteiger partial charge in [0.15, 0.2) is 0 Å². The summed E-state index contributed by atoms with van der Waals surface area (Å²) in [4.78, 5) is 0. The van der Waals surface area contributed by atoms with E-state index in [0.717, 1.165) is 23.5 Å². The van der Waals surface area contributed by atoms with E-state index < -0.39 is 0 Å². The minimum absolute atomic E-state index is 0.776. The molecule has 3 N–H and O–H groups in total. The molecule has 2 heteroatoms. The van der Waals surface area contributed by atoms with Crippen LogP contribution in [0.4, 0.5) is 17.1 Å². The molecular weight excluding hydrogens is 220 g/mol. The molecule has 0 saturated carbocycles. The second kappa shape index (κ2) is 5.58. The highest BCUT2D eigenvalue weighted by molar-refractivity contribution is 5.73. The van der Waals surface area contributed by atoms with Crippen molar-refractivity contribution in [3.05, 3.63) is 53.6 Å². The van der Waals surface area contributed by atoms with Crippen LogP contribution >= 0.6 is 0 Å². The van der Waals surface area contributed by atoms with E-state index >= 15 is 0 Å². The Labute approximate surface area is 109 Å². The van der Waals surface area contributed by atoms with Crippen LogP contribution in [0.5, 0.6) is 0 Å². The predicted molar refractivity (Wildman–Crippen MR) is 79.3 cm³/mol. The van der Waals surface area contributed by atoms with E-state index in [1.807, 2.05) is 12.1 Å². The van der Waals surface area contributed by atoms with Crippen molar-refractivity contribution in [2.45, 2.75) is 26.7 Å². The van der Waals surface area contributed by atoms with Gasteiger partial charge in [-0.2, -0.15) is 0 Å². The number of hydrogen-bond acceptors (Lipinski definition) is 2. The summed E-state index contributed by atoms with van der Waals surface area (Å²) in [5.74, 6) is 0. The zero-order valence-electron chi connectivity index (χ0n) is 11.0. The van der Waals surface area contributed by atoms with E-state index in [0.29, 0.717) is 0 Å². The lowest BCUT2D eigenvalue weighted by atomic mass is 10.1. The van der Waals surface area contributed by atoms with Crippen molar-refractivity contribution in [3.63, 3.8) is 0 Å². The Balaban J connectivity index is 2.15. The van der Waals surface area contributed by atoms with Gasteiger partial charge >= 0.3 is 0 Å². The second-order valence-corrected chi connectivity index (χ2v) is 4.66. The molecule has 2 aromatic rings. The molecule has 0 spiro atoms. The van der Waals surface area contributed by atoms with Crippen LogP contribution in [0.3, 0.4) is 0 Å². The first kappa shape index (κ1) is 12.5. The topological polar surface area (TPSA) is 38.0 Å². The van der Waals surface area contributed by atoms with E-state index in [1.54, 1.807) is 0 Å². The molecule has 18 heavy (non-hydrogen) atoms. The minimum Gasteiger partial charge on any atom is -0.397 e. The van der Waals surface area contributed by atoms with Gasteiger partial charge in [-0.25, -0.2) is 0 Å². The van der Waals surface area contributed by atoms with Gasteiger partial charge in [-0.05, 0) is 48.7 Å². The molecule has 2 rings (SSSR count). The van der Waals surface area contributed by atoms with Crippen LogP contribution in [0.15, 0.2) is 42.5 Å². The molecule has 0 aliphatic rings. The zero-order valence-corrected chi connectivity index (χ0v) is 11.0. The Morgan fingerprint density at radius 2 is 1.78 bits per heavy atom. The molecule has 0 radical (unpaired) electrons. The maximum absolute atomic E-state index is 5.95. The van der Waals surface area contributed by atoms with E-state index in [2.05, 4.69) is 49.5 Å². The molecule has 0 heterocycles. The van der Waals surface area contributed by atoms with Crippen LogP contribution in [0.1, 0.15) is 24.5 Å². The fourth-order valence-corrected chi connectivity index (χ4v) is 1.98. The Morgan fingerprint density at radius 1 is 1.06 bits per heavy atom. The van der Waals surface area contributed by atoms with Gasteiger partial charge in [-0.1, -0.05) is 31.5 Å². The van der Waals surface area contributed by atoms with Crippen LogP contribution in [0, 0.1) is 6.92 Å². The van der Waals surface area contributed by atoms with Crippen LogP contribution in [0.2, 0.25) is 0 Å². The van der Waals surface area contributed by atoms with Crippen molar-refractivity contribution in [3.8, 4) is 0 Å². The number of aryl methyl sites for hydroxylation is 2. The lowest BCUT2D eigenvalue weighted by Crippen LogP contribution is -1.97. The summed E-state index contributed by atoms with van der Waals surface area (Å²) in [5.41, 5.74) is 11.4. The molecule has 0 aromatic heterocycles. The summed E-state index contributed by atoms with van der Waals surface area (Å²) in [7, 11) is 0. The van der Waals surface area contributed by atoms with Crippen LogP contribution in [-0.2, 0) is 6.42 Å². The molecule has 94 valence electrons. The smallest absolute Gasteiger partial charge is 0.0620 e. The fraction of sp³-hybridized carbons (Fsp3) is 0.250. The quantitative estimate of drug-likeness (QED) is 0.783. The SMILES string of the molecule is CCCc1ccc(Nc2cc(C)ccc2N)cc1. The molecule has 0 amide bonds. The molecule has 0 aliphatic carbocycles. The van der Waals surface area contributed by atoms with Gasteiger partial charge in [0.05, 0.1) is 11.4 Å². The molecule has 0 bridgehead atoms. The zero-order chi connectivity index (χ0) is 13.0. The third-order valence-corrected chi connectivity index (χ3v) is 2.98. The van der Waals surface area contributed by atoms with E-state index in [-0.39, 0.29) is 0 Å². The number of nitrogen functional groups attached to an aromatic ring is 1. The highest BCUT2D eigenvalue weighted by atomic mass is 14.9. The van der Waals surface area contributed by atoms with Crippen LogP contribution < -0.4 is 11.1 Å². The monoisotopic (exact) mass is 240 g/mol. The highest BCUT2D eigenvalue weighted by Crippen LogP contribution is 2.24. The van der Waals surface area contributed by atoms with Gasteiger partial charge in [-0.3, -0.25) is 0 Å². The van der Waals surface area contributed by atoms with Crippen LogP contribution in [0.25, 0.3) is 0 Å². The summed E-state index contributed by atoms with van der Waals surface area (Å²) >= 11 is 0. The normalized spacial score (nSPS) is 10.3. The average Bonchev–Trinajstić information content (AvgIpc) is 2.37. The number of rotatable bonds is 4. The summed E-state index contributed by atoms with van der Waals surface area (Å²) < 4.78 is 0. The molecular formula is C16H20N2. The van der Waals surface area contributed by atoms with Gasteiger partial charge in [0.25, 0.3) is 0 Å². The molecule has 2 nitrogen and oxygen atoms in total. The van der Waals surface area contributed by atoms with E-state index in [9.17, 15) is 0 Å². The van der Waals surface area contributed by atoms with Crippen molar-refractivity contribution in [1.29, 1.82) is 0 Å². The standard InChI is InChI=1S/C16H20N2/c1-3-4-13-6-8-14(9-7-13)18-16-11-12(2)5-10-15(16)17/h5-11,18H,3-4,17H2,1-2H3. The van der Waals surface area contributed by atoms with Gasteiger partial charge in [0.1, 0.15) is 0 Å². The fourth-order valence-electron chi connectivity index (χ4n) is 1.98. The summed E-state index contributed by atoms with van der Waals surface area (Å²) in [5, 5.41) is 3.36. The predicted octanol–water partition coefficient (Wildman–Crippen LogP) is 4.27. The highest BCUT2D eigenvalue weighted by Gasteiger charge is 2.00.